The predicted molar refractivity (Wildman–Crippen MR) is 159 cm³/mol. The molecule has 0 aliphatic rings. The Morgan fingerprint density at radius 2 is 1.23 bits per heavy atom. The molecule has 0 aliphatic heterocycles. The van der Waals surface area contributed by atoms with Crippen LogP contribution in [0, 0.1) is 0 Å². The maximum atomic E-state index is 6.43. The normalized spacial score (nSPS) is 11.6. The van der Waals surface area contributed by atoms with Gasteiger partial charge in [0.05, 0.1) is 0 Å². The molecular weight excluding hydrogens is 480 g/mol. The van der Waals surface area contributed by atoms with Gasteiger partial charge < -0.3 is 13.7 Å². The van der Waals surface area contributed by atoms with Crippen LogP contribution in [0.25, 0.3) is 55.3 Å². The van der Waals surface area contributed by atoms with Crippen molar-refractivity contribution in [2.24, 2.45) is 0 Å². The fourth-order valence-corrected chi connectivity index (χ4v) is 5.51. The first-order chi connectivity index (χ1) is 19.3. The molecule has 0 radical (unpaired) electrons. The van der Waals surface area contributed by atoms with E-state index in [0.29, 0.717) is 5.89 Å². The van der Waals surface area contributed by atoms with E-state index in [-0.39, 0.29) is 0 Å². The summed E-state index contributed by atoms with van der Waals surface area (Å²) in [7, 11) is 0. The number of fused-ring (bicyclic) bond motifs is 6. The molecule has 8 aromatic rings. The third kappa shape index (κ3) is 3.50. The number of furan rings is 1. The van der Waals surface area contributed by atoms with E-state index in [9.17, 15) is 0 Å². The summed E-state index contributed by atoms with van der Waals surface area (Å²) >= 11 is 0. The van der Waals surface area contributed by atoms with Crippen LogP contribution in [-0.2, 0) is 0 Å². The van der Waals surface area contributed by atoms with E-state index >= 15 is 0 Å². The average molecular weight is 503 g/mol. The van der Waals surface area contributed by atoms with Crippen molar-refractivity contribution < 1.29 is 8.83 Å². The lowest BCUT2D eigenvalue weighted by molar-refractivity contribution is 0.620. The quantitative estimate of drug-likeness (QED) is 0.240. The largest absolute Gasteiger partial charge is 0.456 e. The monoisotopic (exact) mass is 502 g/mol. The predicted octanol–water partition coefficient (Wildman–Crippen LogP) is 10.0. The molecule has 0 spiro atoms. The summed E-state index contributed by atoms with van der Waals surface area (Å²) in [6.45, 7) is 0. The molecule has 0 fully saturated rings. The fourth-order valence-electron chi connectivity index (χ4n) is 5.51. The van der Waals surface area contributed by atoms with Crippen LogP contribution in [0.3, 0.4) is 0 Å². The molecule has 6 aromatic carbocycles. The van der Waals surface area contributed by atoms with Crippen LogP contribution < -0.4 is 4.90 Å². The van der Waals surface area contributed by atoms with Gasteiger partial charge in [0, 0.05) is 44.9 Å². The second kappa shape index (κ2) is 8.61. The summed E-state index contributed by atoms with van der Waals surface area (Å²) in [6, 6.07) is 45.5. The minimum atomic E-state index is 0.592. The van der Waals surface area contributed by atoms with Gasteiger partial charge in [0.1, 0.15) is 16.7 Å². The van der Waals surface area contributed by atoms with Crippen LogP contribution in [0.1, 0.15) is 0 Å². The number of aromatic nitrogens is 1. The number of rotatable bonds is 4. The van der Waals surface area contributed by atoms with E-state index in [1.807, 2.05) is 42.5 Å². The van der Waals surface area contributed by atoms with E-state index < -0.39 is 0 Å². The highest BCUT2D eigenvalue weighted by molar-refractivity contribution is 6.13. The molecule has 0 bridgehead atoms. The van der Waals surface area contributed by atoms with Gasteiger partial charge in [-0.2, -0.15) is 0 Å². The topological polar surface area (TPSA) is 42.4 Å². The number of anilines is 3. The van der Waals surface area contributed by atoms with Gasteiger partial charge in [-0.1, -0.05) is 72.8 Å². The Kier molecular flexibility index (Phi) is 4.79. The Labute approximate surface area is 224 Å². The zero-order valence-corrected chi connectivity index (χ0v) is 20.9. The van der Waals surface area contributed by atoms with Crippen LogP contribution in [0.5, 0.6) is 0 Å². The molecule has 0 amide bonds. The molecule has 2 aromatic heterocycles. The highest BCUT2D eigenvalue weighted by atomic mass is 16.3. The molecule has 4 heteroatoms. The van der Waals surface area contributed by atoms with Crippen molar-refractivity contribution in [2.75, 3.05) is 4.90 Å². The molecule has 8 rings (SSSR count). The summed E-state index contributed by atoms with van der Waals surface area (Å²) in [5, 5.41) is 4.25. The van der Waals surface area contributed by atoms with Crippen molar-refractivity contribution in [3.05, 3.63) is 133 Å². The van der Waals surface area contributed by atoms with Crippen molar-refractivity contribution in [3.63, 3.8) is 0 Å². The number of hydrogen-bond donors (Lipinski definition) is 0. The van der Waals surface area contributed by atoms with Crippen LogP contribution in [-0.4, -0.2) is 4.98 Å². The Bertz CT molecular complexity index is 2090. The molecule has 0 N–H and O–H groups in total. The third-order valence-electron chi connectivity index (χ3n) is 7.28. The van der Waals surface area contributed by atoms with Crippen molar-refractivity contribution in [1.82, 2.24) is 4.98 Å². The summed E-state index contributed by atoms with van der Waals surface area (Å²) in [5.41, 5.74) is 7.37. The first kappa shape index (κ1) is 21.7. The second-order valence-corrected chi connectivity index (χ2v) is 9.62. The second-order valence-electron chi connectivity index (χ2n) is 9.62. The summed E-state index contributed by atoms with van der Waals surface area (Å²) in [6.07, 6.45) is 0. The van der Waals surface area contributed by atoms with E-state index in [1.54, 1.807) is 0 Å². The highest BCUT2D eigenvalue weighted by Crippen LogP contribution is 2.41. The van der Waals surface area contributed by atoms with Crippen LogP contribution in [0.4, 0.5) is 17.1 Å². The van der Waals surface area contributed by atoms with Crippen molar-refractivity contribution >= 4 is 60.9 Å². The van der Waals surface area contributed by atoms with E-state index in [2.05, 4.69) is 95.9 Å². The minimum absolute atomic E-state index is 0.592. The number of benzene rings is 6. The maximum absolute atomic E-state index is 6.43. The molecule has 0 saturated heterocycles. The van der Waals surface area contributed by atoms with E-state index in [4.69, 9.17) is 13.8 Å². The van der Waals surface area contributed by atoms with Crippen LogP contribution in [0.15, 0.2) is 142 Å². The standard InChI is InChI=1S/C35H22N2O2/c1-3-11-24(12-4-1)37(25-13-5-2-6-14-25)26-19-20-28-32(22-26)38-30-17-9-16-29(33(28)30)35-36-34-27-15-8-7-10-23(27)18-21-31(34)39-35/h1-22H. The van der Waals surface area contributed by atoms with E-state index in [0.717, 1.165) is 66.4 Å². The summed E-state index contributed by atoms with van der Waals surface area (Å²) in [5.74, 6) is 0.592. The van der Waals surface area contributed by atoms with Crippen molar-refractivity contribution in [3.8, 4) is 11.5 Å². The molecule has 4 nitrogen and oxygen atoms in total. The minimum Gasteiger partial charge on any atom is -0.456 e. The number of para-hydroxylation sites is 2. The lowest BCUT2D eigenvalue weighted by Gasteiger charge is -2.25. The molecule has 0 aliphatic carbocycles. The molecular formula is C35H22N2O2. The van der Waals surface area contributed by atoms with E-state index in [1.165, 1.54) is 0 Å². The zero-order chi connectivity index (χ0) is 25.8. The lowest BCUT2D eigenvalue weighted by Crippen LogP contribution is -2.09. The lowest BCUT2D eigenvalue weighted by atomic mass is 10.1. The van der Waals surface area contributed by atoms with Crippen LogP contribution in [0.2, 0.25) is 0 Å². The maximum Gasteiger partial charge on any atom is 0.228 e. The molecule has 184 valence electrons. The van der Waals surface area contributed by atoms with Gasteiger partial charge in [-0.25, -0.2) is 4.98 Å². The summed E-state index contributed by atoms with van der Waals surface area (Å²) in [4.78, 5) is 7.19. The highest BCUT2D eigenvalue weighted by Gasteiger charge is 2.19. The van der Waals surface area contributed by atoms with Crippen molar-refractivity contribution in [1.29, 1.82) is 0 Å². The van der Waals surface area contributed by atoms with Crippen LogP contribution >= 0.6 is 0 Å². The Hall–Kier alpha value is -5.35. The molecule has 0 atom stereocenters. The molecule has 2 heterocycles. The van der Waals surface area contributed by atoms with Gasteiger partial charge in [-0.05, 0) is 60.0 Å². The van der Waals surface area contributed by atoms with Gasteiger partial charge in [0.15, 0.2) is 5.58 Å². The molecule has 0 saturated carbocycles. The third-order valence-corrected chi connectivity index (χ3v) is 7.28. The Morgan fingerprint density at radius 3 is 2.03 bits per heavy atom. The fraction of sp³-hybridized carbons (Fsp3) is 0. The average Bonchev–Trinajstić information content (AvgIpc) is 3.60. The number of nitrogens with zero attached hydrogens (tertiary/aromatic N) is 2. The van der Waals surface area contributed by atoms with Gasteiger partial charge >= 0.3 is 0 Å². The number of oxazole rings is 1. The van der Waals surface area contributed by atoms with Gasteiger partial charge in [0.25, 0.3) is 0 Å². The molecule has 0 unspecified atom stereocenters. The van der Waals surface area contributed by atoms with Gasteiger partial charge in [0.2, 0.25) is 5.89 Å². The SMILES string of the molecule is c1ccc(N(c2ccccc2)c2ccc3c(c2)oc2cccc(-c4nc5c(ccc6ccccc65)o4)c23)cc1. The zero-order valence-electron chi connectivity index (χ0n) is 20.9. The van der Waals surface area contributed by atoms with Crippen molar-refractivity contribution in [2.45, 2.75) is 0 Å². The Balaban J connectivity index is 1.31. The van der Waals surface area contributed by atoms with Gasteiger partial charge in [-0.15, -0.1) is 0 Å². The number of hydrogen-bond acceptors (Lipinski definition) is 4. The molecule has 39 heavy (non-hydrogen) atoms. The van der Waals surface area contributed by atoms with Gasteiger partial charge in [-0.3, -0.25) is 0 Å². The first-order valence-corrected chi connectivity index (χ1v) is 13.0. The Morgan fingerprint density at radius 1 is 0.487 bits per heavy atom. The summed E-state index contributed by atoms with van der Waals surface area (Å²) < 4.78 is 12.7. The first-order valence-electron chi connectivity index (χ1n) is 13.0. The smallest absolute Gasteiger partial charge is 0.228 e.